The van der Waals surface area contributed by atoms with Crippen LogP contribution in [0.2, 0.25) is 0 Å². The molecule has 1 aromatic heterocycles. The highest BCUT2D eigenvalue weighted by Crippen LogP contribution is 2.19. The van der Waals surface area contributed by atoms with Crippen molar-refractivity contribution in [2.75, 3.05) is 19.6 Å². The molecule has 1 N–H and O–H groups in total. The van der Waals surface area contributed by atoms with Crippen LogP contribution in [0.15, 0.2) is 12.3 Å². The maximum absolute atomic E-state index is 10.2. The molecular weight excluding hydrogens is 214 g/mol. The molecule has 98 valence electrons. The zero-order chi connectivity index (χ0) is 12.8. The highest BCUT2D eigenvalue weighted by molar-refractivity contribution is 5.05. The van der Waals surface area contributed by atoms with E-state index in [1.807, 2.05) is 10.7 Å². The second-order valence-electron chi connectivity index (χ2n) is 4.63. The summed E-state index contributed by atoms with van der Waals surface area (Å²) in [5.74, 6) is 0. The molecule has 0 saturated carbocycles. The van der Waals surface area contributed by atoms with Crippen LogP contribution in [0.4, 0.5) is 0 Å². The van der Waals surface area contributed by atoms with Crippen molar-refractivity contribution in [1.29, 1.82) is 0 Å². The van der Waals surface area contributed by atoms with Gasteiger partial charge < -0.3 is 10.0 Å². The van der Waals surface area contributed by atoms with Gasteiger partial charge in [-0.25, -0.2) is 0 Å². The fraction of sp³-hybridized carbons (Fsp3) is 0.769. The van der Waals surface area contributed by atoms with E-state index in [0.29, 0.717) is 6.04 Å². The third-order valence-electron chi connectivity index (χ3n) is 3.14. The molecule has 1 rings (SSSR count). The Bertz CT molecular complexity index is 318. The fourth-order valence-corrected chi connectivity index (χ4v) is 2.01. The average Bonchev–Trinajstić information content (AvgIpc) is 2.79. The first-order valence-corrected chi connectivity index (χ1v) is 6.53. The molecule has 4 nitrogen and oxygen atoms in total. The number of hydrogen-bond donors (Lipinski definition) is 1. The summed E-state index contributed by atoms with van der Waals surface area (Å²) in [6, 6.07) is 2.20. The quantitative estimate of drug-likeness (QED) is 0.793. The summed E-state index contributed by atoms with van der Waals surface area (Å²) in [6.45, 7) is 11.4. The molecule has 0 radical (unpaired) electrons. The zero-order valence-corrected chi connectivity index (χ0v) is 11.4. The van der Waals surface area contributed by atoms with E-state index in [2.05, 4.69) is 37.7 Å². The van der Waals surface area contributed by atoms with Gasteiger partial charge in [-0.2, -0.15) is 5.10 Å². The highest BCUT2D eigenvalue weighted by atomic mass is 16.3. The van der Waals surface area contributed by atoms with Gasteiger partial charge in [-0.3, -0.25) is 4.68 Å². The van der Waals surface area contributed by atoms with E-state index >= 15 is 0 Å². The van der Waals surface area contributed by atoms with Gasteiger partial charge in [0.15, 0.2) is 0 Å². The summed E-state index contributed by atoms with van der Waals surface area (Å²) in [7, 11) is 0. The summed E-state index contributed by atoms with van der Waals surface area (Å²) in [6.07, 6.45) is 2.11. The minimum Gasteiger partial charge on any atom is -0.387 e. The Balaban J connectivity index is 2.57. The van der Waals surface area contributed by atoms with Crippen LogP contribution < -0.4 is 0 Å². The highest BCUT2D eigenvalue weighted by Gasteiger charge is 2.15. The molecule has 0 aliphatic rings. The smallest absolute Gasteiger partial charge is 0.0969 e. The van der Waals surface area contributed by atoms with Crippen molar-refractivity contribution < 1.29 is 5.11 Å². The summed E-state index contributed by atoms with van der Waals surface area (Å²) in [5, 5.41) is 14.4. The van der Waals surface area contributed by atoms with Gasteiger partial charge in [0, 0.05) is 18.8 Å². The predicted octanol–water partition coefficient (Wildman–Crippen LogP) is 2.23. The monoisotopic (exact) mass is 239 g/mol. The first kappa shape index (κ1) is 14.2. The van der Waals surface area contributed by atoms with E-state index in [1.54, 1.807) is 6.20 Å². The Labute approximate surface area is 104 Å². The van der Waals surface area contributed by atoms with Crippen molar-refractivity contribution in [1.82, 2.24) is 14.7 Å². The van der Waals surface area contributed by atoms with Crippen LogP contribution in [-0.4, -0.2) is 39.4 Å². The van der Waals surface area contributed by atoms with Crippen LogP contribution in [0.3, 0.4) is 0 Å². The Morgan fingerprint density at radius 1 is 1.35 bits per heavy atom. The van der Waals surface area contributed by atoms with Gasteiger partial charge in [0.05, 0.1) is 11.8 Å². The predicted molar refractivity (Wildman–Crippen MR) is 70.0 cm³/mol. The van der Waals surface area contributed by atoms with E-state index in [-0.39, 0.29) is 0 Å². The summed E-state index contributed by atoms with van der Waals surface area (Å²) >= 11 is 0. The van der Waals surface area contributed by atoms with Gasteiger partial charge in [0.25, 0.3) is 0 Å². The Kier molecular flexibility index (Phi) is 5.65. The lowest BCUT2D eigenvalue weighted by Crippen LogP contribution is -2.25. The van der Waals surface area contributed by atoms with E-state index in [9.17, 15) is 5.11 Å². The van der Waals surface area contributed by atoms with Crippen LogP contribution in [-0.2, 0) is 0 Å². The van der Waals surface area contributed by atoms with Crippen molar-refractivity contribution in [2.24, 2.45) is 0 Å². The molecule has 17 heavy (non-hydrogen) atoms. The van der Waals surface area contributed by atoms with Gasteiger partial charge in [0.2, 0.25) is 0 Å². The third-order valence-corrected chi connectivity index (χ3v) is 3.14. The van der Waals surface area contributed by atoms with Crippen molar-refractivity contribution in [3.8, 4) is 0 Å². The van der Waals surface area contributed by atoms with E-state index < -0.39 is 6.10 Å². The number of rotatable bonds is 7. The maximum Gasteiger partial charge on any atom is 0.0969 e. The van der Waals surface area contributed by atoms with Crippen molar-refractivity contribution >= 4 is 0 Å². The van der Waals surface area contributed by atoms with Crippen LogP contribution in [0.1, 0.15) is 52.0 Å². The molecular formula is C13H25N3O. The summed E-state index contributed by atoms with van der Waals surface area (Å²) < 4.78 is 1.90. The minimum absolute atomic E-state index is 0.295. The van der Waals surface area contributed by atoms with E-state index in [1.165, 1.54) is 0 Å². The molecule has 0 bridgehead atoms. The number of hydrogen-bond acceptors (Lipinski definition) is 3. The van der Waals surface area contributed by atoms with Crippen LogP contribution in [0, 0.1) is 0 Å². The maximum atomic E-state index is 10.2. The molecule has 1 atom stereocenters. The van der Waals surface area contributed by atoms with Crippen LogP contribution >= 0.6 is 0 Å². The van der Waals surface area contributed by atoms with Crippen molar-refractivity contribution in [2.45, 2.75) is 46.3 Å². The third kappa shape index (κ3) is 3.82. The van der Waals surface area contributed by atoms with E-state index in [4.69, 9.17) is 0 Å². The van der Waals surface area contributed by atoms with Gasteiger partial charge in [-0.05, 0) is 39.4 Å². The summed E-state index contributed by atoms with van der Waals surface area (Å²) in [4.78, 5) is 2.32. The molecule has 0 spiro atoms. The number of aliphatic hydroxyl groups excluding tert-OH is 1. The SMILES string of the molecule is CCN(CC)CCC(O)c1ccnn1C(C)C. The van der Waals surface area contributed by atoms with Crippen molar-refractivity contribution in [3.05, 3.63) is 18.0 Å². The molecule has 4 heteroatoms. The largest absolute Gasteiger partial charge is 0.387 e. The fourth-order valence-electron chi connectivity index (χ4n) is 2.01. The molecule has 1 aromatic rings. The van der Waals surface area contributed by atoms with E-state index in [0.717, 1.165) is 31.7 Å². The molecule has 0 amide bonds. The number of aromatic nitrogens is 2. The second kappa shape index (κ2) is 6.77. The standard InChI is InChI=1S/C13H25N3O/c1-5-15(6-2)10-8-13(17)12-7-9-14-16(12)11(3)4/h7,9,11,13,17H,5-6,8,10H2,1-4H3. The lowest BCUT2D eigenvalue weighted by Gasteiger charge is -2.21. The first-order chi connectivity index (χ1) is 8.10. The topological polar surface area (TPSA) is 41.3 Å². The van der Waals surface area contributed by atoms with Gasteiger partial charge in [-0.1, -0.05) is 13.8 Å². The Morgan fingerprint density at radius 2 is 2.00 bits per heavy atom. The first-order valence-electron chi connectivity index (χ1n) is 6.53. The zero-order valence-electron chi connectivity index (χ0n) is 11.4. The second-order valence-corrected chi connectivity index (χ2v) is 4.63. The molecule has 1 unspecified atom stereocenters. The lowest BCUT2D eigenvalue weighted by atomic mass is 10.1. The molecule has 0 aliphatic carbocycles. The van der Waals surface area contributed by atoms with Crippen LogP contribution in [0.5, 0.6) is 0 Å². The minimum atomic E-state index is -0.416. The molecule has 0 fully saturated rings. The summed E-state index contributed by atoms with van der Waals surface area (Å²) in [5.41, 5.74) is 0.923. The number of aliphatic hydroxyl groups is 1. The molecule has 0 aliphatic heterocycles. The van der Waals surface area contributed by atoms with Crippen LogP contribution in [0.25, 0.3) is 0 Å². The average molecular weight is 239 g/mol. The Morgan fingerprint density at radius 3 is 2.53 bits per heavy atom. The Hall–Kier alpha value is -0.870. The van der Waals surface area contributed by atoms with Gasteiger partial charge in [-0.15, -0.1) is 0 Å². The number of nitrogens with zero attached hydrogens (tertiary/aromatic N) is 3. The van der Waals surface area contributed by atoms with Gasteiger partial charge >= 0.3 is 0 Å². The van der Waals surface area contributed by atoms with Crippen molar-refractivity contribution in [3.63, 3.8) is 0 Å². The normalized spacial score (nSPS) is 13.6. The molecule has 1 heterocycles. The van der Waals surface area contributed by atoms with Gasteiger partial charge in [0.1, 0.15) is 0 Å². The lowest BCUT2D eigenvalue weighted by molar-refractivity contribution is 0.134. The molecule has 0 aromatic carbocycles. The molecule has 0 saturated heterocycles.